The fourth-order valence-electron chi connectivity index (χ4n) is 1.83. The number of rotatable bonds is 8. The molecule has 1 atom stereocenters. The van der Waals surface area contributed by atoms with E-state index in [4.69, 9.17) is 0 Å². The molecule has 0 aromatic heterocycles. The van der Waals surface area contributed by atoms with Crippen molar-refractivity contribution in [3.05, 3.63) is 35.9 Å². The van der Waals surface area contributed by atoms with E-state index in [1.54, 1.807) is 0 Å². The first-order chi connectivity index (χ1) is 8.27. The maximum Gasteiger partial charge on any atom is 0.162 e. The van der Waals surface area contributed by atoms with E-state index in [1.165, 1.54) is 0 Å². The van der Waals surface area contributed by atoms with E-state index in [-0.39, 0.29) is 11.7 Å². The zero-order valence-corrected chi connectivity index (χ0v) is 10.4. The molecule has 2 nitrogen and oxygen atoms in total. The third kappa shape index (κ3) is 4.94. The first kappa shape index (κ1) is 13.6. The van der Waals surface area contributed by atoms with Gasteiger partial charge in [-0.2, -0.15) is 0 Å². The standard InChI is InChI=1S/C15H20O2/c1-2-3-7-13(12-16)10-11-15(17)14-8-5-4-6-9-14/h4-6,8-9,12-13H,2-3,7,10-11H2,1H3. The van der Waals surface area contributed by atoms with Gasteiger partial charge in [0, 0.05) is 17.9 Å². The van der Waals surface area contributed by atoms with Gasteiger partial charge in [-0.3, -0.25) is 4.79 Å². The SMILES string of the molecule is CCCCC(C=O)CCC(=O)c1ccccc1. The number of hydrogen-bond acceptors (Lipinski definition) is 2. The molecule has 0 spiro atoms. The van der Waals surface area contributed by atoms with Crippen molar-refractivity contribution in [2.75, 3.05) is 0 Å². The van der Waals surface area contributed by atoms with Crippen LogP contribution in [0.2, 0.25) is 0 Å². The molecule has 1 aromatic rings. The predicted octanol–water partition coefficient (Wildman–Crippen LogP) is 3.65. The van der Waals surface area contributed by atoms with Crippen LogP contribution in [0.5, 0.6) is 0 Å². The Bertz CT molecular complexity index is 343. The van der Waals surface area contributed by atoms with E-state index in [9.17, 15) is 9.59 Å². The van der Waals surface area contributed by atoms with Crippen LogP contribution in [0.3, 0.4) is 0 Å². The minimum absolute atomic E-state index is 0.0441. The second-order valence-electron chi connectivity index (χ2n) is 4.37. The van der Waals surface area contributed by atoms with Crippen LogP contribution in [0.1, 0.15) is 49.4 Å². The molecule has 0 heterocycles. The Labute approximate surface area is 103 Å². The maximum atomic E-state index is 11.8. The van der Waals surface area contributed by atoms with E-state index in [2.05, 4.69) is 6.92 Å². The summed E-state index contributed by atoms with van der Waals surface area (Å²) in [5.41, 5.74) is 0.743. The molecule has 0 N–H and O–H groups in total. The number of carbonyl (C=O) groups excluding carboxylic acids is 2. The number of carbonyl (C=O) groups is 2. The molecule has 1 unspecified atom stereocenters. The minimum Gasteiger partial charge on any atom is -0.303 e. The Morgan fingerprint density at radius 3 is 2.53 bits per heavy atom. The van der Waals surface area contributed by atoms with Crippen molar-refractivity contribution >= 4 is 12.1 Å². The largest absolute Gasteiger partial charge is 0.303 e. The lowest BCUT2D eigenvalue weighted by molar-refractivity contribution is -0.111. The van der Waals surface area contributed by atoms with Gasteiger partial charge in [-0.25, -0.2) is 0 Å². The number of benzene rings is 1. The van der Waals surface area contributed by atoms with E-state index in [0.717, 1.165) is 31.1 Å². The Morgan fingerprint density at radius 2 is 1.94 bits per heavy atom. The van der Waals surface area contributed by atoms with Gasteiger partial charge in [0.1, 0.15) is 6.29 Å². The summed E-state index contributed by atoms with van der Waals surface area (Å²) < 4.78 is 0. The average molecular weight is 232 g/mol. The molecular formula is C15H20O2. The average Bonchev–Trinajstić information content (AvgIpc) is 2.39. The van der Waals surface area contributed by atoms with E-state index < -0.39 is 0 Å². The third-order valence-electron chi connectivity index (χ3n) is 2.96. The predicted molar refractivity (Wildman–Crippen MR) is 69.1 cm³/mol. The fourth-order valence-corrected chi connectivity index (χ4v) is 1.83. The molecule has 0 amide bonds. The van der Waals surface area contributed by atoms with E-state index >= 15 is 0 Å². The van der Waals surface area contributed by atoms with Crippen LogP contribution in [0.15, 0.2) is 30.3 Å². The molecule has 0 bridgehead atoms. The molecule has 0 aliphatic heterocycles. The molecule has 0 aliphatic carbocycles. The second-order valence-corrected chi connectivity index (χ2v) is 4.37. The molecule has 0 saturated carbocycles. The Morgan fingerprint density at radius 1 is 1.24 bits per heavy atom. The molecule has 1 rings (SSSR count). The smallest absolute Gasteiger partial charge is 0.162 e. The molecule has 1 aromatic carbocycles. The Balaban J connectivity index is 2.39. The molecular weight excluding hydrogens is 212 g/mol. The van der Waals surface area contributed by atoms with Crippen molar-refractivity contribution in [3.8, 4) is 0 Å². The summed E-state index contributed by atoms with van der Waals surface area (Å²) in [5, 5.41) is 0. The third-order valence-corrected chi connectivity index (χ3v) is 2.96. The van der Waals surface area contributed by atoms with E-state index in [1.807, 2.05) is 30.3 Å². The van der Waals surface area contributed by atoms with Gasteiger partial charge in [-0.05, 0) is 12.8 Å². The van der Waals surface area contributed by atoms with Gasteiger partial charge < -0.3 is 4.79 Å². The molecule has 0 radical (unpaired) electrons. The first-order valence-electron chi connectivity index (χ1n) is 6.31. The zero-order valence-electron chi connectivity index (χ0n) is 10.4. The number of unbranched alkanes of at least 4 members (excludes halogenated alkanes) is 1. The van der Waals surface area contributed by atoms with Crippen LogP contribution >= 0.6 is 0 Å². The van der Waals surface area contributed by atoms with Gasteiger partial charge in [0.2, 0.25) is 0 Å². The Kier molecular flexibility index (Phi) is 6.23. The lowest BCUT2D eigenvalue weighted by Gasteiger charge is -2.08. The van der Waals surface area contributed by atoms with Gasteiger partial charge in [-0.15, -0.1) is 0 Å². The summed E-state index contributed by atoms with van der Waals surface area (Å²) in [5.74, 6) is 0.177. The normalized spacial score (nSPS) is 12.1. The summed E-state index contributed by atoms with van der Waals surface area (Å²) in [4.78, 5) is 22.7. The van der Waals surface area contributed by atoms with E-state index in [0.29, 0.717) is 12.8 Å². The van der Waals surface area contributed by atoms with Crippen molar-refractivity contribution in [2.24, 2.45) is 5.92 Å². The van der Waals surface area contributed by atoms with Crippen LogP contribution in [-0.2, 0) is 4.79 Å². The van der Waals surface area contributed by atoms with Gasteiger partial charge in [0.25, 0.3) is 0 Å². The number of Topliss-reactive ketones (excluding diaryl/α,β-unsaturated/α-hetero) is 1. The van der Waals surface area contributed by atoms with Gasteiger partial charge in [0.15, 0.2) is 5.78 Å². The highest BCUT2D eigenvalue weighted by atomic mass is 16.1. The number of ketones is 1. The first-order valence-corrected chi connectivity index (χ1v) is 6.31. The highest BCUT2D eigenvalue weighted by molar-refractivity contribution is 5.96. The molecule has 0 aliphatic rings. The molecule has 92 valence electrons. The molecule has 0 fully saturated rings. The summed E-state index contributed by atoms with van der Waals surface area (Å²) in [6.45, 7) is 2.11. The quantitative estimate of drug-likeness (QED) is 0.506. The van der Waals surface area contributed by atoms with Gasteiger partial charge in [0.05, 0.1) is 0 Å². The van der Waals surface area contributed by atoms with Gasteiger partial charge in [-0.1, -0.05) is 50.1 Å². The second kappa shape index (κ2) is 7.77. The van der Waals surface area contributed by atoms with Crippen molar-refractivity contribution in [2.45, 2.75) is 39.0 Å². The summed E-state index contributed by atoms with van der Waals surface area (Å²) in [6, 6.07) is 9.27. The highest BCUT2D eigenvalue weighted by Crippen LogP contribution is 2.14. The maximum absolute atomic E-state index is 11.8. The van der Waals surface area contributed by atoms with Crippen molar-refractivity contribution < 1.29 is 9.59 Å². The summed E-state index contributed by atoms with van der Waals surface area (Å²) >= 11 is 0. The summed E-state index contributed by atoms with van der Waals surface area (Å²) in [6.07, 6.45) is 5.20. The van der Waals surface area contributed by atoms with Crippen molar-refractivity contribution in [3.63, 3.8) is 0 Å². The van der Waals surface area contributed by atoms with Crippen LogP contribution in [0.4, 0.5) is 0 Å². The van der Waals surface area contributed by atoms with Crippen LogP contribution in [0, 0.1) is 5.92 Å². The fraction of sp³-hybridized carbons (Fsp3) is 0.467. The van der Waals surface area contributed by atoms with Crippen LogP contribution in [-0.4, -0.2) is 12.1 Å². The lowest BCUT2D eigenvalue weighted by Crippen LogP contribution is -2.06. The highest BCUT2D eigenvalue weighted by Gasteiger charge is 2.11. The molecule has 2 heteroatoms. The number of hydrogen-bond donors (Lipinski definition) is 0. The van der Waals surface area contributed by atoms with Crippen LogP contribution < -0.4 is 0 Å². The topological polar surface area (TPSA) is 34.1 Å². The lowest BCUT2D eigenvalue weighted by atomic mass is 9.95. The monoisotopic (exact) mass is 232 g/mol. The molecule has 17 heavy (non-hydrogen) atoms. The van der Waals surface area contributed by atoms with Crippen LogP contribution in [0.25, 0.3) is 0 Å². The Hall–Kier alpha value is -1.44. The summed E-state index contributed by atoms with van der Waals surface area (Å²) in [7, 11) is 0. The van der Waals surface area contributed by atoms with Gasteiger partial charge >= 0.3 is 0 Å². The van der Waals surface area contributed by atoms with Crippen molar-refractivity contribution in [1.29, 1.82) is 0 Å². The zero-order chi connectivity index (χ0) is 12.5. The molecule has 0 saturated heterocycles. The minimum atomic E-state index is 0.0441. The number of aldehydes is 1. The van der Waals surface area contributed by atoms with Crippen molar-refractivity contribution in [1.82, 2.24) is 0 Å².